The van der Waals surface area contributed by atoms with Gasteiger partial charge >= 0.3 is 5.97 Å². The van der Waals surface area contributed by atoms with Gasteiger partial charge in [0.2, 0.25) is 0 Å². The van der Waals surface area contributed by atoms with Crippen LogP contribution in [-0.2, 0) is 4.74 Å². The molecule has 0 aromatic heterocycles. The van der Waals surface area contributed by atoms with Gasteiger partial charge in [-0.25, -0.2) is 4.79 Å². The third-order valence-electron chi connectivity index (χ3n) is 2.86. The molecule has 0 unspecified atom stereocenters. The van der Waals surface area contributed by atoms with E-state index in [1.54, 1.807) is 24.3 Å². The number of para-hydroxylation sites is 1. The van der Waals surface area contributed by atoms with Crippen molar-refractivity contribution in [1.82, 2.24) is 0 Å². The predicted octanol–water partition coefficient (Wildman–Crippen LogP) is 2.23. The summed E-state index contributed by atoms with van der Waals surface area (Å²) in [5.41, 5.74) is 6.63. The van der Waals surface area contributed by atoms with Crippen LogP contribution in [0.5, 0.6) is 0 Å². The highest BCUT2D eigenvalue weighted by molar-refractivity contribution is 5.94. The molecule has 1 saturated carbocycles. The van der Waals surface area contributed by atoms with Gasteiger partial charge in [-0.1, -0.05) is 18.6 Å². The number of nitrogen functional groups attached to an aromatic ring is 1. The summed E-state index contributed by atoms with van der Waals surface area (Å²) in [4.78, 5) is 11.6. The number of anilines is 1. The van der Waals surface area contributed by atoms with Crippen LogP contribution in [0.2, 0.25) is 0 Å². The molecule has 0 amide bonds. The van der Waals surface area contributed by atoms with E-state index >= 15 is 0 Å². The maximum atomic E-state index is 11.6. The fourth-order valence-corrected chi connectivity index (χ4v) is 1.61. The highest BCUT2D eigenvalue weighted by Gasteiger charge is 2.20. The van der Waals surface area contributed by atoms with Gasteiger partial charge in [0.05, 0.1) is 12.2 Å². The minimum atomic E-state index is -0.306. The van der Waals surface area contributed by atoms with Crippen molar-refractivity contribution in [3.05, 3.63) is 29.8 Å². The first-order valence-corrected chi connectivity index (χ1v) is 5.29. The van der Waals surface area contributed by atoms with Gasteiger partial charge in [-0.15, -0.1) is 0 Å². The quantitative estimate of drug-likeness (QED) is 0.608. The van der Waals surface area contributed by atoms with Gasteiger partial charge in [-0.3, -0.25) is 0 Å². The molecular formula is C12H15NO2. The van der Waals surface area contributed by atoms with Crippen molar-refractivity contribution in [1.29, 1.82) is 0 Å². The first-order chi connectivity index (χ1) is 7.27. The third-order valence-corrected chi connectivity index (χ3v) is 2.86. The standard InChI is InChI=1S/C12H15NO2/c13-11-7-2-1-6-10(11)12(14)15-8-9-4-3-5-9/h1-2,6-7,9H,3-5,8,13H2. The van der Waals surface area contributed by atoms with Gasteiger partial charge in [-0.05, 0) is 30.9 Å². The molecule has 1 fully saturated rings. The summed E-state index contributed by atoms with van der Waals surface area (Å²) in [6.07, 6.45) is 3.62. The molecule has 0 bridgehead atoms. The van der Waals surface area contributed by atoms with Crippen LogP contribution in [0.4, 0.5) is 5.69 Å². The average Bonchev–Trinajstić information content (AvgIpc) is 2.16. The molecule has 1 aromatic rings. The van der Waals surface area contributed by atoms with Crippen LogP contribution in [0.15, 0.2) is 24.3 Å². The monoisotopic (exact) mass is 205 g/mol. The normalized spacial score (nSPS) is 15.7. The molecule has 0 saturated heterocycles. The molecule has 0 atom stereocenters. The van der Waals surface area contributed by atoms with E-state index in [0.29, 0.717) is 23.8 Å². The van der Waals surface area contributed by atoms with Crippen LogP contribution in [-0.4, -0.2) is 12.6 Å². The third kappa shape index (κ3) is 2.29. The zero-order chi connectivity index (χ0) is 10.7. The summed E-state index contributed by atoms with van der Waals surface area (Å²) in [6, 6.07) is 6.99. The Balaban J connectivity index is 1.92. The zero-order valence-electron chi connectivity index (χ0n) is 8.61. The number of esters is 1. The summed E-state index contributed by atoms with van der Waals surface area (Å²) in [6.45, 7) is 0.535. The molecule has 0 aliphatic heterocycles. The Morgan fingerprint density at radius 2 is 2.13 bits per heavy atom. The van der Waals surface area contributed by atoms with Crippen molar-refractivity contribution in [2.24, 2.45) is 5.92 Å². The molecule has 1 aliphatic rings. The Morgan fingerprint density at radius 3 is 2.73 bits per heavy atom. The fraction of sp³-hybridized carbons (Fsp3) is 0.417. The minimum Gasteiger partial charge on any atom is -0.462 e. The van der Waals surface area contributed by atoms with Crippen molar-refractivity contribution >= 4 is 11.7 Å². The van der Waals surface area contributed by atoms with Gasteiger partial charge in [0.25, 0.3) is 0 Å². The highest BCUT2D eigenvalue weighted by Crippen LogP contribution is 2.26. The molecule has 80 valence electrons. The summed E-state index contributed by atoms with van der Waals surface area (Å²) in [7, 11) is 0. The Morgan fingerprint density at radius 1 is 1.40 bits per heavy atom. The Hall–Kier alpha value is -1.51. The van der Waals surface area contributed by atoms with E-state index in [1.165, 1.54) is 19.3 Å². The zero-order valence-corrected chi connectivity index (χ0v) is 8.61. The van der Waals surface area contributed by atoms with Crippen LogP contribution in [0, 0.1) is 5.92 Å². The van der Waals surface area contributed by atoms with Crippen molar-refractivity contribution in [3.8, 4) is 0 Å². The van der Waals surface area contributed by atoms with Crippen LogP contribution < -0.4 is 5.73 Å². The number of carbonyl (C=O) groups excluding carboxylic acids is 1. The lowest BCUT2D eigenvalue weighted by molar-refractivity contribution is 0.0373. The number of ether oxygens (including phenoxy) is 1. The lowest BCUT2D eigenvalue weighted by Gasteiger charge is -2.24. The Bertz CT molecular complexity index is 358. The summed E-state index contributed by atoms with van der Waals surface area (Å²) >= 11 is 0. The summed E-state index contributed by atoms with van der Waals surface area (Å²) < 4.78 is 5.19. The molecule has 3 heteroatoms. The first-order valence-electron chi connectivity index (χ1n) is 5.29. The van der Waals surface area contributed by atoms with Gasteiger partial charge in [0.1, 0.15) is 0 Å². The first kappa shape index (κ1) is 10.0. The average molecular weight is 205 g/mol. The van der Waals surface area contributed by atoms with Gasteiger partial charge in [-0.2, -0.15) is 0 Å². The summed E-state index contributed by atoms with van der Waals surface area (Å²) in [5.74, 6) is 0.263. The number of benzene rings is 1. The minimum absolute atomic E-state index is 0.306. The second kappa shape index (κ2) is 4.34. The predicted molar refractivity (Wildman–Crippen MR) is 58.5 cm³/mol. The molecule has 0 spiro atoms. The molecule has 3 nitrogen and oxygen atoms in total. The van der Waals surface area contributed by atoms with E-state index in [4.69, 9.17) is 10.5 Å². The second-order valence-corrected chi connectivity index (χ2v) is 3.98. The highest BCUT2D eigenvalue weighted by atomic mass is 16.5. The smallest absolute Gasteiger partial charge is 0.340 e. The molecule has 1 aromatic carbocycles. The van der Waals surface area contributed by atoms with Crippen molar-refractivity contribution in [2.75, 3.05) is 12.3 Å². The van der Waals surface area contributed by atoms with Crippen molar-refractivity contribution in [3.63, 3.8) is 0 Å². The molecule has 1 aliphatic carbocycles. The maximum absolute atomic E-state index is 11.6. The van der Waals surface area contributed by atoms with Gasteiger partial charge < -0.3 is 10.5 Å². The lowest BCUT2D eigenvalue weighted by Crippen LogP contribution is -2.20. The van der Waals surface area contributed by atoms with Crippen molar-refractivity contribution < 1.29 is 9.53 Å². The Labute approximate surface area is 89.2 Å². The SMILES string of the molecule is Nc1ccccc1C(=O)OCC1CCC1. The maximum Gasteiger partial charge on any atom is 0.340 e. The molecule has 15 heavy (non-hydrogen) atoms. The fourth-order valence-electron chi connectivity index (χ4n) is 1.61. The van der Waals surface area contributed by atoms with E-state index < -0.39 is 0 Å². The lowest BCUT2D eigenvalue weighted by atomic mass is 9.86. The molecule has 2 N–H and O–H groups in total. The van der Waals surface area contributed by atoms with Gasteiger partial charge in [0, 0.05) is 5.69 Å². The number of hydrogen-bond acceptors (Lipinski definition) is 3. The van der Waals surface area contributed by atoms with E-state index in [2.05, 4.69) is 0 Å². The topological polar surface area (TPSA) is 52.3 Å². The molecule has 2 rings (SSSR count). The summed E-state index contributed by atoms with van der Waals surface area (Å²) in [5, 5.41) is 0. The second-order valence-electron chi connectivity index (χ2n) is 3.98. The number of nitrogens with two attached hydrogens (primary N) is 1. The van der Waals surface area contributed by atoms with Crippen LogP contribution in [0.1, 0.15) is 29.6 Å². The Kier molecular flexibility index (Phi) is 2.90. The number of rotatable bonds is 3. The number of hydrogen-bond donors (Lipinski definition) is 1. The van der Waals surface area contributed by atoms with Crippen LogP contribution >= 0.6 is 0 Å². The number of carbonyl (C=O) groups is 1. The van der Waals surface area contributed by atoms with E-state index in [-0.39, 0.29) is 5.97 Å². The van der Waals surface area contributed by atoms with Crippen molar-refractivity contribution in [2.45, 2.75) is 19.3 Å². The van der Waals surface area contributed by atoms with E-state index in [0.717, 1.165) is 0 Å². The molecule has 0 heterocycles. The van der Waals surface area contributed by atoms with E-state index in [9.17, 15) is 4.79 Å². The molecular weight excluding hydrogens is 190 g/mol. The van der Waals surface area contributed by atoms with Gasteiger partial charge in [0.15, 0.2) is 0 Å². The van der Waals surface area contributed by atoms with Crippen LogP contribution in [0.25, 0.3) is 0 Å². The molecule has 0 radical (unpaired) electrons. The van der Waals surface area contributed by atoms with Crippen LogP contribution in [0.3, 0.4) is 0 Å². The largest absolute Gasteiger partial charge is 0.462 e. The van der Waals surface area contributed by atoms with E-state index in [1.807, 2.05) is 0 Å².